The molecule has 0 aromatic heterocycles. The summed E-state index contributed by atoms with van der Waals surface area (Å²) >= 11 is 0. The van der Waals surface area contributed by atoms with Crippen LogP contribution in [0.25, 0.3) is 0 Å². The second-order valence-corrected chi connectivity index (χ2v) is 5.07. The molecular weight excluding hydrogens is 192 g/mol. The molecule has 1 amide bonds. The molecule has 0 aliphatic carbocycles. The molecule has 0 bridgehead atoms. The van der Waals surface area contributed by atoms with Crippen LogP contribution in [0.3, 0.4) is 0 Å². The third kappa shape index (κ3) is 4.18. The van der Waals surface area contributed by atoms with Gasteiger partial charge < -0.3 is 15.0 Å². The lowest BCUT2D eigenvalue weighted by Gasteiger charge is -2.36. The Morgan fingerprint density at radius 2 is 2.20 bits per heavy atom. The number of morpholine rings is 1. The molecule has 1 aliphatic rings. The van der Waals surface area contributed by atoms with Gasteiger partial charge in [-0.25, -0.2) is 0 Å². The summed E-state index contributed by atoms with van der Waals surface area (Å²) in [6.07, 6.45) is 0. The summed E-state index contributed by atoms with van der Waals surface area (Å²) in [6, 6.07) is 0.176. The summed E-state index contributed by atoms with van der Waals surface area (Å²) in [5, 5.41) is 3.40. The van der Waals surface area contributed by atoms with Crippen LogP contribution >= 0.6 is 0 Å². The number of hydrogen-bond acceptors (Lipinski definition) is 3. The van der Waals surface area contributed by atoms with E-state index < -0.39 is 0 Å². The van der Waals surface area contributed by atoms with E-state index in [0.717, 1.165) is 6.54 Å². The molecule has 88 valence electrons. The van der Waals surface area contributed by atoms with Crippen molar-refractivity contribution in [1.29, 1.82) is 0 Å². The third-order valence-corrected chi connectivity index (χ3v) is 2.50. The Bertz CT molecular complexity index is 223. The molecule has 1 rings (SSSR count). The fraction of sp³-hybridized carbons (Fsp3) is 0.909. The Balaban J connectivity index is 2.46. The van der Waals surface area contributed by atoms with Gasteiger partial charge in [-0.1, -0.05) is 0 Å². The highest BCUT2D eigenvalue weighted by Gasteiger charge is 2.25. The first-order chi connectivity index (χ1) is 6.90. The predicted molar refractivity (Wildman–Crippen MR) is 59.7 cm³/mol. The maximum atomic E-state index is 11.4. The SMILES string of the molecule is CC(=O)N1CCOCC1CNC(C)(C)C. The molecule has 0 spiro atoms. The molecule has 1 saturated heterocycles. The van der Waals surface area contributed by atoms with Crippen LogP contribution < -0.4 is 5.32 Å². The number of rotatable bonds is 2. The minimum atomic E-state index is 0.0832. The van der Waals surface area contributed by atoms with Gasteiger partial charge in [0.15, 0.2) is 0 Å². The first-order valence-electron chi connectivity index (χ1n) is 5.50. The summed E-state index contributed by atoms with van der Waals surface area (Å²) < 4.78 is 5.39. The zero-order valence-electron chi connectivity index (χ0n) is 10.2. The van der Waals surface area contributed by atoms with E-state index >= 15 is 0 Å². The monoisotopic (exact) mass is 214 g/mol. The first kappa shape index (κ1) is 12.5. The minimum absolute atomic E-state index is 0.0832. The Hall–Kier alpha value is -0.610. The van der Waals surface area contributed by atoms with Crippen molar-refractivity contribution in [2.24, 2.45) is 0 Å². The van der Waals surface area contributed by atoms with Gasteiger partial charge in [-0.15, -0.1) is 0 Å². The van der Waals surface area contributed by atoms with Gasteiger partial charge >= 0.3 is 0 Å². The molecule has 0 aromatic carbocycles. The predicted octanol–water partition coefficient (Wildman–Crippen LogP) is 0.622. The van der Waals surface area contributed by atoms with Crippen molar-refractivity contribution in [3.05, 3.63) is 0 Å². The Morgan fingerprint density at radius 1 is 1.53 bits per heavy atom. The highest BCUT2D eigenvalue weighted by atomic mass is 16.5. The van der Waals surface area contributed by atoms with E-state index in [1.807, 2.05) is 4.90 Å². The summed E-state index contributed by atoms with van der Waals surface area (Å²) in [5.41, 5.74) is 0.0832. The largest absolute Gasteiger partial charge is 0.377 e. The van der Waals surface area contributed by atoms with Gasteiger partial charge in [0.25, 0.3) is 0 Å². The van der Waals surface area contributed by atoms with Crippen molar-refractivity contribution in [3.8, 4) is 0 Å². The van der Waals surface area contributed by atoms with Gasteiger partial charge in [0.05, 0.1) is 19.3 Å². The van der Waals surface area contributed by atoms with Gasteiger partial charge in [0.2, 0.25) is 5.91 Å². The van der Waals surface area contributed by atoms with Crippen LogP contribution in [-0.2, 0) is 9.53 Å². The van der Waals surface area contributed by atoms with Gasteiger partial charge in [0.1, 0.15) is 0 Å². The molecule has 1 aliphatic heterocycles. The number of carbonyl (C=O) groups excluding carboxylic acids is 1. The molecule has 0 saturated carbocycles. The zero-order chi connectivity index (χ0) is 11.5. The number of amides is 1. The highest BCUT2D eigenvalue weighted by Crippen LogP contribution is 2.08. The van der Waals surface area contributed by atoms with Crippen LogP contribution in [0.4, 0.5) is 0 Å². The Morgan fingerprint density at radius 3 is 2.73 bits per heavy atom. The smallest absolute Gasteiger partial charge is 0.219 e. The molecule has 1 N–H and O–H groups in total. The topological polar surface area (TPSA) is 41.6 Å². The van der Waals surface area contributed by atoms with Crippen molar-refractivity contribution >= 4 is 5.91 Å². The molecule has 4 nitrogen and oxygen atoms in total. The van der Waals surface area contributed by atoms with E-state index in [1.54, 1.807) is 6.92 Å². The second kappa shape index (κ2) is 4.94. The van der Waals surface area contributed by atoms with Gasteiger partial charge in [-0.3, -0.25) is 4.79 Å². The average Bonchev–Trinajstić information content (AvgIpc) is 2.14. The van der Waals surface area contributed by atoms with E-state index in [4.69, 9.17) is 4.74 Å². The summed E-state index contributed by atoms with van der Waals surface area (Å²) in [4.78, 5) is 13.3. The molecular formula is C11H22N2O2. The highest BCUT2D eigenvalue weighted by molar-refractivity contribution is 5.73. The summed E-state index contributed by atoms with van der Waals surface area (Å²) in [7, 11) is 0. The van der Waals surface area contributed by atoms with Crippen LogP contribution in [0.1, 0.15) is 27.7 Å². The summed E-state index contributed by atoms with van der Waals surface area (Å²) in [5.74, 6) is 0.138. The standard InChI is InChI=1S/C11H22N2O2/c1-9(14)13-5-6-15-8-10(13)7-12-11(2,3)4/h10,12H,5-8H2,1-4H3. The lowest BCUT2D eigenvalue weighted by molar-refractivity contribution is -0.137. The number of carbonyl (C=O) groups is 1. The molecule has 1 heterocycles. The van der Waals surface area contributed by atoms with Crippen molar-refractivity contribution in [2.75, 3.05) is 26.3 Å². The van der Waals surface area contributed by atoms with Crippen LogP contribution in [0.15, 0.2) is 0 Å². The normalized spacial score (nSPS) is 22.9. The number of hydrogen-bond donors (Lipinski definition) is 1. The number of nitrogens with one attached hydrogen (secondary N) is 1. The van der Waals surface area contributed by atoms with Gasteiger partial charge in [-0.05, 0) is 20.8 Å². The van der Waals surface area contributed by atoms with Crippen LogP contribution in [0.2, 0.25) is 0 Å². The lowest BCUT2D eigenvalue weighted by atomic mass is 10.1. The molecule has 1 fully saturated rings. The van der Waals surface area contributed by atoms with Crippen LogP contribution in [0, 0.1) is 0 Å². The van der Waals surface area contributed by atoms with Gasteiger partial charge in [0, 0.05) is 25.6 Å². The third-order valence-electron chi connectivity index (χ3n) is 2.50. The van der Waals surface area contributed by atoms with E-state index in [2.05, 4.69) is 26.1 Å². The number of nitrogens with zero attached hydrogens (tertiary/aromatic N) is 1. The fourth-order valence-electron chi connectivity index (χ4n) is 1.66. The van der Waals surface area contributed by atoms with E-state index in [0.29, 0.717) is 19.8 Å². The van der Waals surface area contributed by atoms with Crippen molar-refractivity contribution in [2.45, 2.75) is 39.3 Å². The summed E-state index contributed by atoms with van der Waals surface area (Å²) in [6.45, 7) is 10.8. The van der Waals surface area contributed by atoms with Crippen LogP contribution in [-0.4, -0.2) is 48.7 Å². The van der Waals surface area contributed by atoms with E-state index in [-0.39, 0.29) is 17.5 Å². The van der Waals surface area contributed by atoms with Crippen molar-refractivity contribution in [3.63, 3.8) is 0 Å². The van der Waals surface area contributed by atoms with E-state index in [9.17, 15) is 4.79 Å². The molecule has 0 radical (unpaired) electrons. The second-order valence-electron chi connectivity index (χ2n) is 5.07. The molecule has 4 heteroatoms. The molecule has 0 aromatic rings. The van der Waals surface area contributed by atoms with Gasteiger partial charge in [-0.2, -0.15) is 0 Å². The lowest BCUT2D eigenvalue weighted by Crippen LogP contribution is -2.54. The van der Waals surface area contributed by atoms with Crippen LogP contribution in [0.5, 0.6) is 0 Å². The molecule has 1 unspecified atom stereocenters. The molecule has 15 heavy (non-hydrogen) atoms. The molecule has 1 atom stereocenters. The maximum Gasteiger partial charge on any atom is 0.219 e. The van der Waals surface area contributed by atoms with E-state index in [1.165, 1.54) is 0 Å². The van der Waals surface area contributed by atoms with Crippen molar-refractivity contribution in [1.82, 2.24) is 10.2 Å². The number of ether oxygens (including phenoxy) is 1. The van der Waals surface area contributed by atoms with Crippen molar-refractivity contribution < 1.29 is 9.53 Å². The minimum Gasteiger partial charge on any atom is -0.377 e. The zero-order valence-corrected chi connectivity index (χ0v) is 10.2. The average molecular weight is 214 g/mol. The maximum absolute atomic E-state index is 11.4. The Kier molecular flexibility index (Phi) is 4.11. The quantitative estimate of drug-likeness (QED) is 0.733. The first-order valence-corrected chi connectivity index (χ1v) is 5.50. The Labute approximate surface area is 92.0 Å². The fourth-order valence-corrected chi connectivity index (χ4v) is 1.66.